The van der Waals surface area contributed by atoms with Gasteiger partial charge in [0.05, 0.1) is 29.4 Å². The van der Waals surface area contributed by atoms with E-state index in [4.69, 9.17) is 0 Å². The average Bonchev–Trinajstić information content (AvgIpc) is 3.03. The van der Waals surface area contributed by atoms with Gasteiger partial charge in [-0.2, -0.15) is 13.2 Å². The maximum Gasteiger partial charge on any atom is 0.416 e. The number of amides is 4. The number of carbonyl (C=O) groups is 3. The predicted octanol–water partition coefficient (Wildman–Crippen LogP) is 2.66. The number of halogens is 3. The van der Waals surface area contributed by atoms with Gasteiger partial charge in [-0.25, -0.2) is 4.79 Å². The lowest BCUT2D eigenvalue weighted by Crippen LogP contribution is -2.50. The molecule has 2 N–H and O–H groups in total. The number of alkyl halides is 3. The molecule has 2 heterocycles. The van der Waals surface area contributed by atoms with E-state index in [1.165, 1.54) is 35.0 Å². The van der Waals surface area contributed by atoms with Gasteiger partial charge in [0, 0.05) is 13.6 Å². The average molecular weight is 438 g/mol. The van der Waals surface area contributed by atoms with Crippen LogP contribution in [-0.4, -0.2) is 53.8 Å². The summed E-state index contributed by atoms with van der Waals surface area (Å²) in [5, 5.41) is 5.10. The third-order valence-electron chi connectivity index (χ3n) is 5.63. The van der Waals surface area contributed by atoms with Gasteiger partial charge in [0.2, 0.25) is 5.91 Å². The summed E-state index contributed by atoms with van der Waals surface area (Å²) in [7, 11) is 1.46. The van der Waals surface area contributed by atoms with Gasteiger partial charge in [-0.05, 0) is 24.5 Å². The van der Waals surface area contributed by atoms with Crippen LogP contribution in [0.4, 0.5) is 18.0 Å². The molecule has 0 aromatic heterocycles. The molecule has 4 amide bonds. The summed E-state index contributed by atoms with van der Waals surface area (Å²) in [4.78, 5) is 41.3. The van der Waals surface area contributed by atoms with Crippen LogP contribution in [0.3, 0.4) is 0 Å². The SMILES string of the molecule is CCN1C(=O)NC(c2ccccc2C(F)(F)F)C2=C1CN(C(C(=O)NC)C(C)C)C2=O. The van der Waals surface area contributed by atoms with E-state index >= 15 is 0 Å². The number of carbonyl (C=O) groups excluding carboxylic acids is 3. The van der Waals surface area contributed by atoms with Gasteiger partial charge < -0.3 is 15.5 Å². The van der Waals surface area contributed by atoms with Crippen molar-refractivity contribution >= 4 is 17.8 Å². The number of benzene rings is 1. The van der Waals surface area contributed by atoms with Crippen molar-refractivity contribution in [2.24, 2.45) is 5.92 Å². The first-order chi connectivity index (χ1) is 14.5. The number of likely N-dealkylation sites (N-methyl/N-ethyl adjacent to an activating group) is 2. The summed E-state index contributed by atoms with van der Waals surface area (Å²) < 4.78 is 41.0. The van der Waals surface area contributed by atoms with Crippen LogP contribution in [-0.2, 0) is 15.8 Å². The number of hydrogen-bond donors (Lipinski definition) is 2. The summed E-state index contributed by atoms with van der Waals surface area (Å²) >= 11 is 0. The van der Waals surface area contributed by atoms with E-state index in [9.17, 15) is 27.6 Å². The number of nitrogens with one attached hydrogen (secondary N) is 2. The van der Waals surface area contributed by atoms with Crippen molar-refractivity contribution in [1.82, 2.24) is 20.4 Å². The molecule has 0 fully saturated rings. The smallest absolute Gasteiger partial charge is 0.357 e. The van der Waals surface area contributed by atoms with E-state index in [1.54, 1.807) is 20.8 Å². The van der Waals surface area contributed by atoms with Gasteiger partial charge >= 0.3 is 12.2 Å². The minimum Gasteiger partial charge on any atom is -0.357 e. The zero-order chi connectivity index (χ0) is 23.1. The van der Waals surface area contributed by atoms with Gasteiger partial charge in [0.25, 0.3) is 5.91 Å². The fourth-order valence-electron chi connectivity index (χ4n) is 4.26. The third-order valence-corrected chi connectivity index (χ3v) is 5.63. The molecule has 1 aromatic carbocycles. The molecule has 168 valence electrons. The lowest BCUT2D eigenvalue weighted by Gasteiger charge is -2.33. The fourth-order valence-corrected chi connectivity index (χ4v) is 4.26. The molecule has 0 radical (unpaired) electrons. The Labute approximate surface area is 178 Å². The maximum absolute atomic E-state index is 13.7. The first kappa shape index (κ1) is 22.6. The van der Waals surface area contributed by atoms with E-state index in [-0.39, 0.29) is 36.1 Å². The van der Waals surface area contributed by atoms with E-state index in [2.05, 4.69) is 10.6 Å². The molecule has 1 aromatic rings. The van der Waals surface area contributed by atoms with Crippen LogP contribution in [0.25, 0.3) is 0 Å². The lowest BCUT2D eigenvalue weighted by molar-refractivity contribution is -0.139. The Kier molecular flexibility index (Phi) is 6.02. The Morgan fingerprint density at radius 2 is 1.90 bits per heavy atom. The van der Waals surface area contributed by atoms with Crippen LogP contribution in [0.15, 0.2) is 35.5 Å². The van der Waals surface area contributed by atoms with Crippen LogP contribution < -0.4 is 10.6 Å². The zero-order valence-corrected chi connectivity index (χ0v) is 17.7. The summed E-state index contributed by atoms with van der Waals surface area (Å²) in [5.41, 5.74) is -0.738. The monoisotopic (exact) mass is 438 g/mol. The second kappa shape index (κ2) is 8.24. The van der Waals surface area contributed by atoms with Crippen molar-refractivity contribution < 1.29 is 27.6 Å². The summed E-state index contributed by atoms with van der Waals surface area (Å²) in [6.45, 7) is 5.46. The maximum atomic E-state index is 13.7. The normalized spacial score (nSPS) is 20.2. The van der Waals surface area contributed by atoms with Crippen LogP contribution in [0.5, 0.6) is 0 Å². The van der Waals surface area contributed by atoms with E-state index in [1.807, 2.05) is 0 Å². The molecule has 10 heteroatoms. The van der Waals surface area contributed by atoms with Gasteiger partial charge in [-0.15, -0.1) is 0 Å². The van der Waals surface area contributed by atoms with Gasteiger partial charge in [0.1, 0.15) is 6.04 Å². The predicted molar refractivity (Wildman–Crippen MR) is 107 cm³/mol. The molecule has 0 bridgehead atoms. The fraction of sp³-hybridized carbons (Fsp3) is 0.476. The van der Waals surface area contributed by atoms with Crippen molar-refractivity contribution in [3.63, 3.8) is 0 Å². The Hall–Kier alpha value is -3.04. The molecule has 31 heavy (non-hydrogen) atoms. The summed E-state index contributed by atoms with van der Waals surface area (Å²) in [5.74, 6) is -1.18. The molecule has 2 aliphatic rings. The Morgan fingerprint density at radius 1 is 1.26 bits per heavy atom. The van der Waals surface area contributed by atoms with Crippen molar-refractivity contribution in [3.05, 3.63) is 46.7 Å². The van der Waals surface area contributed by atoms with Crippen molar-refractivity contribution in [2.75, 3.05) is 20.1 Å². The summed E-state index contributed by atoms with van der Waals surface area (Å²) in [6, 6.07) is 2.20. The molecule has 3 rings (SSSR count). The van der Waals surface area contributed by atoms with Crippen molar-refractivity contribution in [1.29, 1.82) is 0 Å². The second-order valence-corrected chi connectivity index (χ2v) is 7.81. The Morgan fingerprint density at radius 3 is 2.45 bits per heavy atom. The largest absolute Gasteiger partial charge is 0.416 e. The number of rotatable bonds is 5. The lowest BCUT2D eigenvalue weighted by atomic mass is 9.91. The molecule has 0 saturated heterocycles. The van der Waals surface area contributed by atoms with Gasteiger partial charge in [0.15, 0.2) is 0 Å². The van der Waals surface area contributed by atoms with Crippen LogP contribution in [0, 0.1) is 5.92 Å². The minimum atomic E-state index is -4.66. The molecular formula is C21H25F3N4O3. The van der Waals surface area contributed by atoms with Crippen LogP contribution >= 0.6 is 0 Å². The molecule has 2 aliphatic heterocycles. The molecule has 7 nitrogen and oxygen atoms in total. The quantitative estimate of drug-likeness (QED) is 0.742. The van der Waals surface area contributed by atoms with Crippen LogP contribution in [0.1, 0.15) is 37.9 Å². The molecule has 2 atom stereocenters. The molecular weight excluding hydrogens is 413 g/mol. The highest BCUT2D eigenvalue weighted by atomic mass is 19.4. The van der Waals surface area contributed by atoms with E-state index < -0.39 is 35.8 Å². The van der Waals surface area contributed by atoms with Crippen molar-refractivity contribution in [2.45, 2.75) is 39.0 Å². The molecule has 2 unspecified atom stereocenters. The first-order valence-electron chi connectivity index (χ1n) is 10.0. The number of urea groups is 1. The Balaban J connectivity index is 2.14. The van der Waals surface area contributed by atoms with Crippen LogP contribution in [0.2, 0.25) is 0 Å². The van der Waals surface area contributed by atoms with E-state index in [0.717, 1.165) is 6.07 Å². The number of nitrogens with zero attached hydrogens (tertiary/aromatic N) is 2. The first-order valence-corrected chi connectivity index (χ1v) is 10.0. The topological polar surface area (TPSA) is 81.8 Å². The van der Waals surface area contributed by atoms with Gasteiger partial charge in [-0.1, -0.05) is 32.0 Å². The number of hydrogen-bond acceptors (Lipinski definition) is 3. The van der Waals surface area contributed by atoms with Gasteiger partial charge in [-0.3, -0.25) is 14.5 Å². The minimum absolute atomic E-state index is 0.0314. The highest BCUT2D eigenvalue weighted by Crippen LogP contribution is 2.42. The highest BCUT2D eigenvalue weighted by molar-refractivity contribution is 6.03. The second-order valence-electron chi connectivity index (χ2n) is 7.81. The molecule has 0 spiro atoms. The zero-order valence-electron chi connectivity index (χ0n) is 17.7. The van der Waals surface area contributed by atoms with Crippen molar-refractivity contribution in [3.8, 4) is 0 Å². The van der Waals surface area contributed by atoms with E-state index in [0.29, 0.717) is 5.70 Å². The highest BCUT2D eigenvalue weighted by Gasteiger charge is 2.48. The summed E-state index contributed by atoms with van der Waals surface area (Å²) in [6.07, 6.45) is -4.66. The molecule has 0 saturated carbocycles. The molecule has 0 aliphatic carbocycles. The third kappa shape index (κ3) is 3.86. The standard InChI is InChI=1S/C21H25F3N4O3/c1-5-27-14-10-28(17(11(2)3)18(29)25-4)19(30)15(14)16(26-20(27)31)12-8-6-7-9-13(12)21(22,23)24/h6-9,11,16-17H,5,10H2,1-4H3,(H,25,29)(H,26,31). The Bertz CT molecular complexity index is 942.